The van der Waals surface area contributed by atoms with E-state index in [0.717, 1.165) is 28.7 Å². The predicted octanol–water partition coefficient (Wildman–Crippen LogP) is 3.79. The highest BCUT2D eigenvalue weighted by molar-refractivity contribution is 5.88. The largest absolute Gasteiger partial charge is 0.354 e. The van der Waals surface area contributed by atoms with Crippen molar-refractivity contribution in [3.8, 4) is 0 Å². The number of hydrogen-bond donors (Lipinski definition) is 1. The van der Waals surface area contributed by atoms with E-state index in [1.54, 1.807) is 11.8 Å². The first-order valence-corrected chi connectivity index (χ1v) is 9.59. The number of nitrogens with zero attached hydrogens (tertiary/aromatic N) is 1. The molecule has 4 nitrogen and oxygen atoms in total. The van der Waals surface area contributed by atoms with E-state index in [4.69, 9.17) is 0 Å². The van der Waals surface area contributed by atoms with E-state index in [0.29, 0.717) is 13.1 Å². The Bertz CT molecular complexity index is 768. The van der Waals surface area contributed by atoms with Crippen LogP contribution < -0.4 is 5.32 Å². The molecule has 0 saturated heterocycles. The third kappa shape index (κ3) is 6.24. The van der Waals surface area contributed by atoms with Crippen molar-refractivity contribution in [3.05, 3.63) is 70.8 Å². The van der Waals surface area contributed by atoms with Gasteiger partial charge >= 0.3 is 0 Å². The second-order valence-electron chi connectivity index (χ2n) is 7.14. The van der Waals surface area contributed by atoms with Crippen molar-refractivity contribution in [2.24, 2.45) is 0 Å². The van der Waals surface area contributed by atoms with Crippen LogP contribution in [0.15, 0.2) is 48.5 Å². The van der Waals surface area contributed by atoms with Gasteiger partial charge in [-0.15, -0.1) is 0 Å². The Labute approximate surface area is 162 Å². The van der Waals surface area contributed by atoms with Crippen molar-refractivity contribution in [3.63, 3.8) is 0 Å². The molecule has 0 radical (unpaired) electrons. The van der Waals surface area contributed by atoms with Crippen LogP contribution in [0.3, 0.4) is 0 Å². The van der Waals surface area contributed by atoms with E-state index in [1.165, 1.54) is 0 Å². The second kappa shape index (κ2) is 9.91. The van der Waals surface area contributed by atoms with Gasteiger partial charge in [0.15, 0.2) is 0 Å². The van der Waals surface area contributed by atoms with Gasteiger partial charge < -0.3 is 10.2 Å². The van der Waals surface area contributed by atoms with E-state index < -0.39 is 6.04 Å². The molecular formula is C23H30N2O2. The molecular weight excluding hydrogens is 336 g/mol. The average Bonchev–Trinajstić information content (AvgIpc) is 2.65. The molecule has 0 spiro atoms. The molecule has 0 fully saturated rings. The van der Waals surface area contributed by atoms with Crippen LogP contribution in [-0.4, -0.2) is 29.3 Å². The van der Waals surface area contributed by atoms with E-state index >= 15 is 0 Å². The Balaban J connectivity index is 2.20. The van der Waals surface area contributed by atoms with Crippen LogP contribution in [0.4, 0.5) is 0 Å². The summed E-state index contributed by atoms with van der Waals surface area (Å²) in [5.74, 6) is -0.152. The number of aryl methyl sites for hydroxylation is 2. The average molecular weight is 367 g/mol. The number of nitrogens with one attached hydrogen (secondary N) is 1. The molecule has 0 heterocycles. The van der Waals surface area contributed by atoms with Crippen molar-refractivity contribution < 1.29 is 9.59 Å². The zero-order valence-corrected chi connectivity index (χ0v) is 16.8. The molecule has 2 amide bonds. The smallest absolute Gasteiger partial charge is 0.242 e. The summed E-state index contributed by atoms with van der Waals surface area (Å²) < 4.78 is 0. The fraction of sp³-hybridized carbons (Fsp3) is 0.391. The quantitative estimate of drug-likeness (QED) is 0.773. The summed E-state index contributed by atoms with van der Waals surface area (Å²) >= 11 is 0. The summed E-state index contributed by atoms with van der Waals surface area (Å²) in [6, 6.07) is 15.5. The van der Waals surface area contributed by atoms with Crippen LogP contribution in [-0.2, 0) is 22.6 Å². The van der Waals surface area contributed by atoms with Crippen molar-refractivity contribution >= 4 is 11.8 Å². The lowest BCUT2D eigenvalue weighted by Gasteiger charge is -2.29. The normalized spacial score (nSPS) is 11.7. The maximum absolute atomic E-state index is 13.1. The number of hydrogen-bond acceptors (Lipinski definition) is 2. The van der Waals surface area contributed by atoms with Gasteiger partial charge in [0.05, 0.1) is 6.42 Å². The first-order valence-electron chi connectivity index (χ1n) is 9.59. The highest BCUT2D eigenvalue weighted by Gasteiger charge is 2.26. The van der Waals surface area contributed by atoms with Gasteiger partial charge in [0, 0.05) is 13.1 Å². The standard InChI is InChI=1S/C23H30N2O2/c1-5-13-24-23(27)19(4)25(16-21-8-6-7-18(3)14-21)22(26)15-20-11-9-17(2)10-12-20/h6-12,14,19H,5,13,15-16H2,1-4H3,(H,24,27)/t19-/m1/s1. The predicted molar refractivity (Wildman–Crippen MR) is 109 cm³/mol. The Morgan fingerprint density at radius 2 is 1.70 bits per heavy atom. The fourth-order valence-electron chi connectivity index (χ4n) is 2.97. The Morgan fingerprint density at radius 3 is 2.33 bits per heavy atom. The molecule has 144 valence electrons. The summed E-state index contributed by atoms with van der Waals surface area (Å²) in [7, 11) is 0. The molecule has 0 saturated carbocycles. The number of carbonyl (C=O) groups excluding carboxylic acids is 2. The van der Waals surface area contributed by atoms with Gasteiger partial charge in [-0.05, 0) is 38.3 Å². The lowest BCUT2D eigenvalue weighted by Crippen LogP contribution is -2.48. The highest BCUT2D eigenvalue weighted by atomic mass is 16.2. The zero-order chi connectivity index (χ0) is 19.8. The molecule has 0 unspecified atom stereocenters. The Hall–Kier alpha value is -2.62. The molecule has 2 aromatic carbocycles. The van der Waals surface area contributed by atoms with E-state index in [9.17, 15) is 9.59 Å². The van der Waals surface area contributed by atoms with Crippen LogP contribution in [0.5, 0.6) is 0 Å². The maximum atomic E-state index is 13.1. The first-order chi connectivity index (χ1) is 12.9. The lowest BCUT2D eigenvalue weighted by molar-refractivity contribution is -0.140. The molecule has 0 aliphatic heterocycles. The van der Waals surface area contributed by atoms with Crippen molar-refractivity contribution in [2.75, 3.05) is 6.54 Å². The third-order valence-electron chi connectivity index (χ3n) is 4.63. The monoisotopic (exact) mass is 366 g/mol. The minimum Gasteiger partial charge on any atom is -0.354 e. The molecule has 0 aliphatic rings. The molecule has 0 aromatic heterocycles. The Morgan fingerprint density at radius 1 is 1.00 bits per heavy atom. The third-order valence-corrected chi connectivity index (χ3v) is 4.63. The number of carbonyl (C=O) groups is 2. The molecule has 2 rings (SSSR count). The summed E-state index contributed by atoms with van der Waals surface area (Å²) in [5, 5.41) is 2.90. The molecule has 0 aliphatic carbocycles. The van der Waals surface area contributed by atoms with Crippen LogP contribution in [0.1, 0.15) is 42.5 Å². The fourth-order valence-corrected chi connectivity index (χ4v) is 2.97. The van der Waals surface area contributed by atoms with Crippen LogP contribution >= 0.6 is 0 Å². The zero-order valence-electron chi connectivity index (χ0n) is 16.8. The minimum atomic E-state index is -0.519. The summed E-state index contributed by atoms with van der Waals surface area (Å²) in [4.78, 5) is 27.2. The lowest BCUT2D eigenvalue weighted by atomic mass is 10.1. The van der Waals surface area contributed by atoms with Gasteiger partial charge in [-0.2, -0.15) is 0 Å². The van der Waals surface area contributed by atoms with Gasteiger partial charge in [0.25, 0.3) is 0 Å². The molecule has 0 bridgehead atoms. The van der Waals surface area contributed by atoms with Crippen molar-refractivity contribution in [1.82, 2.24) is 10.2 Å². The van der Waals surface area contributed by atoms with Gasteiger partial charge in [-0.1, -0.05) is 66.6 Å². The number of benzene rings is 2. The van der Waals surface area contributed by atoms with E-state index in [-0.39, 0.29) is 18.2 Å². The van der Waals surface area contributed by atoms with Crippen LogP contribution in [0, 0.1) is 13.8 Å². The SMILES string of the molecule is CCCNC(=O)[C@@H](C)N(Cc1cccc(C)c1)C(=O)Cc1ccc(C)cc1. The molecule has 1 N–H and O–H groups in total. The van der Waals surface area contributed by atoms with E-state index in [1.807, 2.05) is 63.2 Å². The number of rotatable bonds is 8. The number of amides is 2. The maximum Gasteiger partial charge on any atom is 0.242 e. The topological polar surface area (TPSA) is 49.4 Å². The van der Waals surface area contributed by atoms with Gasteiger partial charge in [0.1, 0.15) is 6.04 Å². The Kier molecular flexibility index (Phi) is 7.59. The first kappa shape index (κ1) is 20.7. The second-order valence-corrected chi connectivity index (χ2v) is 7.14. The summed E-state index contributed by atoms with van der Waals surface area (Å²) in [5.41, 5.74) is 4.29. The van der Waals surface area contributed by atoms with Crippen LogP contribution in [0.2, 0.25) is 0 Å². The highest BCUT2D eigenvalue weighted by Crippen LogP contribution is 2.14. The minimum absolute atomic E-state index is 0.0421. The van der Waals surface area contributed by atoms with Crippen molar-refractivity contribution in [1.29, 1.82) is 0 Å². The van der Waals surface area contributed by atoms with Crippen LogP contribution in [0.25, 0.3) is 0 Å². The molecule has 1 atom stereocenters. The molecule has 4 heteroatoms. The van der Waals surface area contributed by atoms with Gasteiger partial charge in [0.2, 0.25) is 11.8 Å². The van der Waals surface area contributed by atoms with Crippen molar-refractivity contribution in [2.45, 2.75) is 53.1 Å². The van der Waals surface area contributed by atoms with E-state index in [2.05, 4.69) is 11.4 Å². The van der Waals surface area contributed by atoms with Gasteiger partial charge in [-0.25, -0.2) is 0 Å². The summed E-state index contributed by atoms with van der Waals surface area (Å²) in [6.07, 6.45) is 1.16. The summed E-state index contributed by atoms with van der Waals surface area (Å²) in [6.45, 7) is 8.90. The molecule has 2 aromatic rings. The van der Waals surface area contributed by atoms with Gasteiger partial charge in [-0.3, -0.25) is 9.59 Å². The molecule has 27 heavy (non-hydrogen) atoms.